The number of hydrogen-bond donors (Lipinski definition) is 5. The quantitative estimate of drug-likeness (QED) is 0.0388. The van der Waals surface area contributed by atoms with Crippen LogP contribution in [0.2, 0.25) is 0 Å². The zero-order chi connectivity index (χ0) is 45.2. The van der Waals surface area contributed by atoms with Crippen molar-refractivity contribution in [2.75, 3.05) is 44.4 Å². The third-order valence-corrected chi connectivity index (χ3v) is 12.4. The molecule has 0 aliphatic carbocycles. The van der Waals surface area contributed by atoms with Crippen molar-refractivity contribution in [2.45, 2.75) is 57.3 Å². The summed E-state index contributed by atoms with van der Waals surface area (Å²) in [5, 5.41) is 26.3. The summed E-state index contributed by atoms with van der Waals surface area (Å²) in [6.07, 6.45) is -3.24. The second kappa shape index (κ2) is 21.1. The van der Waals surface area contributed by atoms with Crippen molar-refractivity contribution in [2.24, 2.45) is 5.41 Å². The minimum atomic E-state index is -5.95. The molecular formula is C32H42N7O18P3S-4. The first kappa shape index (κ1) is 50.0. The Hall–Kier alpha value is -3.68. The lowest BCUT2D eigenvalue weighted by atomic mass is 9.87. The van der Waals surface area contributed by atoms with Gasteiger partial charge in [-0.05, 0) is 31.2 Å². The second-order valence-corrected chi connectivity index (χ2v) is 18.9. The number of ether oxygens (including phenoxy) is 2. The van der Waals surface area contributed by atoms with Gasteiger partial charge in [-0.2, -0.15) is 0 Å². The van der Waals surface area contributed by atoms with E-state index in [0.717, 1.165) is 29.0 Å². The molecule has 2 aromatic heterocycles. The highest BCUT2D eigenvalue weighted by molar-refractivity contribution is 8.14. The van der Waals surface area contributed by atoms with Gasteiger partial charge in [0, 0.05) is 30.7 Å². The van der Waals surface area contributed by atoms with E-state index >= 15 is 0 Å². The summed E-state index contributed by atoms with van der Waals surface area (Å²) in [4.78, 5) is 96.7. The Morgan fingerprint density at radius 3 is 2.44 bits per heavy atom. The maximum Gasteiger partial charge on any atom is 0.274 e. The van der Waals surface area contributed by atoms with Gasteiger partial charge in [-0.15, -0.1) is 0 Å². The van der Waals surface area contributed by atoms with Gasteiger partial charge in [-0.25, -0.2) is 19.3 Å². The van der Waals surface area contributed by atoms with Crippen molar-refractivity contribution >= 4 is 69.1 Å². The normalized spacial score (nSPS) is 22.1. The monoisotopic (exact) mass is 937 g/mol. The molecule has 1 aliphatic rings. The van der Waals surface area contributed by atoms with Crippen LogP contribution in [-0.4, -0.2) is 110 Å². The molecule has 0 radical (unpaired) electrons. The van der Waals surface area contributed by atoms with Crippen LogP contribution in [0.25, 0.3) is 11.2 Å². The van der Waals surface area contributed by atoms with Gasteiger partial charge in [0.25, 0.3) is 15.6 Å². The van der Waals surface area contributed by atoms with Crippen molar-refractivity contribution in [3.05, 3.63) is 55.1 Å². The van der Waals surface area contributed by atoms with Gasteiger partial charge in [-0.1, -0.05) is 43.8 Å². The average molecular weight is 938 g/mol. The number of hydrogen-bond acceptors (Lipinski definition) is 23. The van der Waals surface area contributed by atoms with Crippen molar-refractivity contribution in [1.82, 2.24) is 30.2 Å². The molecule has 7 unspecified atom stereocenters. The Morgan fingerprint density at radius 1 is 1.07 bits per heavy atom. The maximum absolute atomic E-state index is 12.6. The number of para-hydroxylation sites is 1. The summed E-state index contributed by atoms with van der Waals surface area (Å²) in [5.41, 5.74) is 2.00. The SMILES string of the molecule is CC(C)(COP(=O)([O-])OP(=O)([O-])OCC1OC(C)(n2cnc3c(N)ncnc32)C(O)C1OP(=O)([O-])[O-])C(O)C(=O)NCCC(=O)NCCSC(=O)C=CCOc1ccccc1. The number of nitrogens with one attached hydrogen (secondary N) is 2. The fourth-order valence-corrected chi connectivity index (χ4v) is 8.75. The van der Waals surface area contributed by atoms with Gasteiger partial charge in [0.2, 0.25) is 16.9 Å². The number of aliphatic hydroxyl groups excluding tert-OH is 2. The molecule has 2 amide bonds. The van der Waals surface area contributed by atoms with Crippen molar-refractivity contribution in [1.29, 1.82) is 0 Å². The topological polar surface area (TPSA) is 384 Å². The first-order chi connectivity index (χ1) is 28.4. The number of carbonyl (C=O) groups is 3. The number of imidazole rings is 1. The molecule has 1 aromatic carbocycles. The first-order valence-corrected chi connectivity index (χ1v) is 23.2. The third-order valence-electron chi connectivity index (χ3n) is 8.55. The largest absolute Gasteiger partial charge is 0.790 e. The molecule has 25 nitrogen and oxygen atoms in total. The summed E-state index contributed by atoms with van der Waals surface area (Å²) in [6, 6.07) is 9.02. The lowest BCUT2D eigenvalue weighted by molar-refractivity contribution is -0.347. The van der Waals surface area contributed by atoms with Gasteiger partial charge in [0.15, 0.2) is 17.2 Å². The molecule has 338 valence electrons. The number of nitrogen functional groups attached to an aromatic ring is 1. The molecule has 61 heavy (non-hydrogen) atoms. The molecule has 0 saturated carbocycles. The van der Waals surface area contributed by atoms with Gasteiger partial charge in [0.1, 0.15) is 48.6 Å². The van der Waals surface area contributed by atoms with Crippen LogP contribution in [0, 0.1) is 5.41 Å². The van der Waals surface area contributed by atoms with Crippen LogP contribution in [0.3, 0.4) is 0 Å². The van der Waals surface area contributed by atoms with E-state index in [1.807, 2.05) is 18.2 Å². The Bertz CT molecular complexity index is 2180. The summed E-state index contributed by atoms with van der Waals surface area (Å²) in [6.45, 7) is 1.34. The molecule has 0 spiro atoms. The number of nitrogens with two attached hydrogens (primary N) is 1. The van der Waals surface area contributed by atoms with Gasteiger partial charge >= 0.3 is 0 Å². The highest BCUT2D eigenvalue weighted by atomic mass is 32.2. The number of aromatic nitrogens is 4. The number of aliphatic hydroxyl groups is 2. The van der Waals surface area contributed by atoms with E-state index < -0.39 is 84.1 Å². The summed E-state index contributed by atoms with van der Waals surface area (Å²) in [7, 11) is -17.7. The smallest absolute Gasteiger partial charge is 0.274 e. The van der Waals surface area contributed by atoms with Gasteiger partial charge < -0.3 is 73.8 Å². The minimum absolute atomic E-state index is 0.0312. The number of benzene rings is 1. The standard InChI is InChI=1S/C32H46N7O18P3S/c1-31(2,27(43)30(44)35-12-11-22(40)34-13-15-61-23(41)10-7-14-52-20-8-5-4-6-9-20)17-54-60(50,51)57-59(48,49)53-16-21-25(56-58(45,46)47)26(42)32(3,55-21)39-19-38-24-28(33)36-18-37-29(24)39/h4-10,18-19,21,25-27,42-43H,11-17H2,1-3H3,(H,34,40)(H,35,44)(H,48,49)(H,50,51)(H2,33,36,37)(H2,45,46,47)/p-4. The number of amides is 2. The van der Waals surface area contributed by atoms with E-state index in [9.17, 15) is 57.9 Å². The van der Waals surface area contributed by atoms with Crippen molar-refractivity contribution in [3.8, 4) is 5.75 Å². The lowest BCUT2D eigenvalue weighted by Crippen LogP contribution is -2.46. The Morgan fingerprint density at radius 2 is 1.75 bits per heavy atom. The maximum atomic E-state index is 12.6. The molecule has 3 aromatic rings. The molecule has 29 heteroatoms. The van der Waals surface area contributed by atoms with Gasteiger partial charge in [0.05, 0.1) is 27.4 Å². The fourth-order valence-electron chi connectivity index (χ4n) is 5.43. The van der Waals surface area contributed by atoms with Crippen LogP contribution in [0.4, 0.5) is 5.82 Å². The van der Waals surface area contributed by atoms with Crippen LogP contribution in [-0.2, 0) is 56.4 Å². The highest BCUT2D eigenvalue weighted by Gasteiger charge is 2.55. The summed E-state index contributed by atoms with van der Waals surface area (Å²) >= 11 is 0.962. The van der Waals surface area contributed by atoms with E-state index in [4.69, 9.17) is 15.2 Å². The molecular weight excluding hydrogens is 895 g/mol. The first-order valence-electron chi connectivity index (χ1n) is 17.8. The average Bonchev–Trinajstić information content (AvgIpc) is 3.72. The molecule has 1 aliphatic heterocycles. The predicted molar refractivity (Wildman–Crippen MR) is 204 cm³/mol. The molecule has 1 fully saturated rings. The number of nitrogens with zero attached hydrogens (tertiary/aromatic N) is 4. The van der Waals surface area contributed by atoms with E-state index in [1.165, 1.54) is 26.8 Å². The number of rotatable bonds is 23. The number of carbonyl (C=O) groups excluding carboxylic acids is 3. The molecule has 7 atom stereocenters. The Labute approximate surface area is 351 Å². The fraction of sp³-hybridized carbons (Fsp3) is 0.500. The summed E-state index contributed by atoms with van der Waals surface area (Å²) < 4.78 is 66.6. The van der Waals surface area contributed by atoms with Crippen LogP contribution in [0.15, 0.2) is 55.1 Å². The van der Waals surface area contributed by atoms with E-state index in [-0.39, 0.29) is 54.0 Å². The lowest BCUT2D eigenvalue weighted by Gasteiger charge is -2.36. The van der Waals surface area contributed by atoms with E-state index in [1.54, 1.807) is 18.2 Å². The van der Waals surface area contributed by atoms with Crippen molar-refractivity contribution < 1.29 is 85.2 Å². The predicted octanol–water partition coefficient (Wildman–Crippen LogP) is -2.05. The molecule has 3 heterocycles. The number of anilines is 1. The molecule has 4 rings (SSSR count). The zero-order valence-electron chi connectivity index (χ0n) is 32.5. The minimum Gasteiger partial charge on any atom is -0.790 e. The molecule has 6 N–H and O–H groups in total. The highest BCUT2D eigenvalue weighted by Crippen LogP contribution is 2.56. The zero-order valence-corrected chi connectivity index (χ0v) is 36.0. The van der Waals surface area contributed by atoms with Crippen molar-refractivity contribution in [3.63, 3.8) is 0 Å². The van der Waals surface area contributed by atoms with Crippen LogP contribution in [0.1, 0.15) is 27.2 Å². The number of phosphoric ester groups is 3. The Kier molecular flexibility index (Phi) is 17.3. The third kappa shape index (κ3) is 14.7. The Balaban J connectivity index is 1.20. The van der Waals surface area contributed by atoms with E-state index in [0.29, 0.717) is 5.75 Å². The van der Waals surface area contributed by atoms with Crippen LogP contribution < -0.4 is 40.7 Å². The number of phosphoric acid groups is 3. The molecule has 1 saturated heterocycles. The van der Waals surface area contributed by atoms with Crippen LogP contribution in [0.5, 0.6) is 5.75 Å². The molecule has 0 bridgehead atoms. The van der Waals surface area contributed by atoms with E-state index in [2.05, 4.69) is 43.5 Å². The number of fused-ring (bicyclic) bond motifs is 1. The van der Waals surface area contributed by atoms with Crippen LogP contribution >= 0.6 is 35.2 Å². The summed E-state index contributed by atoms with van der Waals surface area (Å²) in [5.74, 6) is -0.691. The second-order valence-electron chi connectivity index (χ2n) is 13.7. The number of thioether (sulfide) groups is 1. The van der Waals surface area contributed by atoms with Gasteiger partial charge in [-0.3, -0.25) is 28.1 Å².